The molecule has 0 aliphatic rings. The predicted octanol–water partition coefficient (Wildman–Crippen LogP) is -0.486. The molecule has 0 aromatic carbocycles. The Morgan fingerprint density at radius 1 is 1.73 bits per heavy atom. The topological polar surface area (TPSA) is 83.5 Å². The van der Waals surface area contributed by atoms with Gasteiger partial charge in [0.25, 0.3) is 0 Å². The first-order chi connectivity index (χ1) is 5.06. The van der Waals surface area contributed by atoms with Gasteiger partial charge in [-0.2, -0.15) is 11.8 Å². The number of carboxylic acid groups (broad SMARTS) is 1. The highest BCUT2D eigenvalue weighted by Gasteiger charge is 2.32. The zero-order valence-electron chi connectivity index (χ0n) is 6.41. The summed E-state index contributed by atoms with van der Waals surface area (Å²) in [5.41, 5.74) is 3.91. The third kappa shape index (κ3) is 3.09. The lowest BCUT2D eigenvalue weighted by atomic mass is 9.99. The molecule has 0 spiro atoms. The molecule has 0 aliphatic heterocycles. The summed E-state index contributed by atoms with van der Waals surface area (Å²) >= 11 is 1.51. The normalized spacial score (nSPS) is 15.9. The highest BCUT2D eigenvalue weighted by atomic mass is 32.2. The lowest BCUT2D eigenvalue weighted by molar-refractivity contribution is -0.145. The van der Waals surface area contributed by atoms with Crippen LogP contribution in [0.5, 0.6) is 0 Å². The van der Waals surface area contributed by atoms with Gasteiger partial charge < -0.3 is 15.9 Å². The number of aliphatic carboxylic acids is 1. The number of aliphatic hydroxyl groups is 1. The number of hydrogen-bond acceptors (Lipinski definition) is 4. The molecule has 0 aliphatic carbocycles. The third-order valence-corrected chi connectivity index (χ3v) is 2.07. The lowest BCUT2D eigenvalue weighted by Gasteiger charge is -2.20. The number of aliphatic hydroxyl groups excluding tert-OH is 1. The number of nitrogens with two attached hydrogens (primary N) is 1. The van der Waals surface area contributed by atoms with Crippen LogP contribution >= 0.6 is 11.8 Å². The minimum absolute atomic E-state index is 0.292. The summed E-state index contributed by atoms with van der Waals surface area (Å²) in [5.74, 6) is -0.502. The van der Waals surface area contributed by atoms with Crippen LogP contribution < -0.4 is 5.73 Å². The van der Waals surface area contributed by atoms with Crippen molar-refractivity contribution in [3.63, 3.8) is 0 Å². The standard InChI is InChI=1S/C6H13NO3S/c1-11-3-2-6(7,4-8)5(9)10/h8H,2-4,7H2,1H3,(H,9,10)/t6-/m1/s1. The molecule has 11 heavy (non-hydrogen) atoms. The van der Waals surface area contributed by atoms with E-state index in [0.29, 0.717) is 12.2 Å². The van der Waals surface area contributed by atoms with Crippen molar-refractivity contribution in [2.75, 3.05) is 18.6 Å². The Morgan fingerprint density at radius 3 is 2.55 bits per heavy atom. The molecule has 0 aromatic heterocycles. The number of thioether (sulfide) groups is 1. The van der Waals surface area contributed by atoms with Gasteiger partial charge in [-0.1, -0.05) is 0 Å². The van der Waals surface area contributed by atoms with E-state index in [1.54, 1.807) is 0 Å². The van der Waals surface area contributed by atoms with Crippen LogP contribution in [0.25, 0.3) is 0 Å². The molecule has 0 rings (SSSR count). The molecule has 0 bridgehead atoms. The van der Waals surface area contributed by atoms with Crippen LogP contribution in [0.4, 0.5) is 0 Å². The van der Waals surface area contributed by atoms with E-state index in [4.69, 9.17) is 15.9 Å². The summed E-state index contributed by atoms with van der Waals surface area (Å²) in [6.45, 7) is -0.511. The van der Waals surface area contributed by atoms with Gasteiger partial charge in [0.2, 0.25) is 0 Å². The molecule has 4 nitrogen and oxygen atoms in total. The summed E-state index contributed by atoms with van der Waals surface area (Å²) in [6.07, 6.45) is 2.15. The Hall–Kier alpha value is -0.260. The second-order valence-electron chi connectivity index (χ2n) is 2.36. The molecule has 5 heteroatoms. The number of carboxylic acids is 1. The average Bonchev–Trinajstić information content (AvgIpc) is 2.00. The molecular formula is C6H13NO3S. The first-order valence-electron chi connectivity index (χ1n) is 3.19. The number of carbonyl (C=O) groups is 1. The van der Waals surface area contributed by atoms with Crippen molar-refractivity contribution in [1.82, 2.24) is 0 Å². The minimum Gasteiger partial charge on any atom is -0.480 e. The summed E-state index contributed by atoms with van der Waals surface area (Å²) in [7, 11) is 0. The van der Waals surface area contributed by atoms with E-state index in [1.165, 1.54) is 11.8 Å². The van der Waals surface area contributed by atoms with Crippen molar-refractivity contribution < 1.29 is 15.0 Å². The van der Waals surface area contributed by atoms with Gasteiger partial charge in [-0.05, 0) is 18.4 Å². The molecule has 0 amide bonds. The summed E-state index contributed by atoms with van der Waals surface area (Å²) in [6, 6.07) is 0. The Kier molecular flexibility index (Phi) is 4.48. The smallest absolute Gasteiger partial charge is 0.326 e. The molecule has 0 aromatic rings. The Labute approximate surface area is 69.8 Å². The van der Waals surface area contributed by atoms with Crippen LogP contribution in [-0.4, -0.2) is 40.3 Å². The molecule has 0 saturated heterocycles. The zero-order valence-corrected chi connectivity index (χ0v) is 7.23. The largest absolute Gasteiger partial charge is 0.480 e. The quantitative estimate of drug-likeness (QED) is 0.530. The maximum Gasteiger partial charge on any atom is 0.326 e. The van der Waals surface area contributed by atoms with Crippen LogP contribution in [0.1, 0.15) is 6.42 Å². The first-order valence-corrected chi connectivity index (χ1v) is 4.58. The highest BCUT2D eigenvalue weighted by Crippen LogP contribution is 2.09. The maximum absolute atomic E-state index is 10.5. The zero-order chi connectivity index (χ0) is 8.91. The second-order valence-corrected chi connectivity index (χ2v) is 3.35. The van der Waals surface area contributed by atoms with Gasteiger partial charge in [-0.3, -0.25) is 4.79 Å². The van der Waals surface area contributed by atoms with E-state index < -0.39 is 18.1 Å². The lowest BCUT2D eigenvalue weighted by Crippen LogP contribution is -2.51. The predicted molar refractivity (Wildman–Crippen MR) is 44.6 cm³/mol. The van der Waals surface area contributed by atoms with Gasteiger partial charge in [0.05, 0.1) is 6.61 Å². The Balaban J connectivity index is 3.99. The molecule has 0 heterocycles. The fraction of sp³-hybridized carbons (Fsp3) is 0.833. The van der Waals surface area contributed by atoms with Crippen molar-refractivity contribution in [2.24, 2.45) is 5.73 Å². The SMILES string of the molecule is CSCC[C@@](N)(CO)C(=O)O. The fourth-order valence-electron chi connectivity index (χ4n) is 0.538. The van der Waals surface area contributed by atoms with Gasteiger partial charge in [-0.25, -0.2) is 0 Å². The Bertz CT molecular complexity index is 142. The third-order valence-electron chi connectivity index (χ3n) is 1.46. The molecule has 0 saturated carbocycles. The molecular weight excluding hydrogens is 166 g/mol. The summed E-state index contributed by atoms with van der Waals surface area (Å²) < 4.78 is 0. The van der Waals surface area contributed by atoms with Gasteiger partial charge in [0.15, 0.2) is 0 Å². The summed E-state index contributed by atoms with van der Waals surface area (Å²) in [4.78, 5) is 10.5. The van der Waals surface area contributed by atoms with Crippen molar-refractivity contribution in [3.8, 4) is 0 Å². The monoisotopic (exact) mass is 179 g/mol. The molecule has 4 N–H and O–H groups in total. The van der Waals surface area contributed by atoms with E-state index in [2.05, 4.69) is 0 Å². The van der Waals surface area contributed by atoms with Crippen LogP contribution in [0.2, 0.25) is 0 Å². The molecule has 0 unspecified atom stereocenters. The van der Waals surface area contributed by atoms with Gasteiger partial charge in [-0.15, -0.1) is 0 Å². The van der Waals surface area contributed by atoms with Crippen molar-refractivity contribution >= 4 is 17.7 Å². The van der Waals surface area contributed by atoms with Gasteiger partial charge >= 0.3 is 5.97 Å². The van der Waals surface area contributed by atoms with Gasteiger partial charge in [0.1, 0.15) is 5.54 Å². The van der Waals surface area contributed by atoms with Crippen LogP contribution in [-0.2, 0) is 4.79 Å². The first kappa shape index (κ1) is 10.7. The molecule has 1 atom stereocenters. The van der Waals surface area contributed by atoms with E-state index in [-0.39, 0.29) is 0 Å². The van der Waals surface area contributed by atoms with Crippen molar-refractivity contribution in [2.45, 2.75) is 12.0 Å². The fourth-order valence-corrected chi connectivity index (χ4v) is 1.11. The van der Waals surface area contributed by atoms with Crippen molar-refractivity contribution in [3.05, 3.63) is 0 Å². The number of rotatable bonds is 5. The Morgan fingerprint density at radius 2 is 2.27 bits per heavy atom. The van der Waals surface area contributed by atoms with E-state index in [1.807, 2.05) is 6.26 Å². The maximum atomic E-state index is 10.5. The van der Waals surface area contributed by atoms with Crippen LogP contribution in [0.3, 0.4) is 0 Å². The summed E-state index contributed by atoms with van der Waals surface area (Å²) in [5, 5.41) is 17.2. The minimum atomic E-state index is -1.46. The van der Waals surface area contributed by atoms with E-state index in [9.17, 15) is 4.79 Å². The molecule has 0 fully saturated rings. The second kappa shape index (κ2) is 4.58. The van der Waals surface area contributed by atoms with Crippen LogP contribution in [0.15, 0.2) is 0 Å². The van der Waals surface area contributed by atoms with Crippen LogP contribution in [0, 0.1) is 0 Å². The number of hydrogen-bond donors (Lipinski definition) is 3. The average molecular weight is 179 g/mol. The molecule has 66 valence electrons. The highest BCUT2D eigenvalue weighted by molar-refractivity contribution is 7.98. The van der Waals surface area contributed by atoms with Gasteiger partial charge in [0, 0.05) is 0 Å². The van der Waals surface area contributed by atoms with E-state index in [0.717, 1.165) is 0 Å². The van der Waals surface area contributed by atoms with E-state index >= 15 is 0 Å². The van der Waals surface area contributed by atoms with Crippen molar-refractivity contribution in [1.29, 1.82) is 0 Å². The molecule has 0 radical (unpaired) electrons.